The van der Waals surface area contributed by atoms with Crippen LogP contribution in [0.25, 0.3) is 15.9 Å². The Morgan fingerprint density at radius 2 is 1.90 bits per heavy atom. The summed E-state index contributed by atoms with van der Waals surface area (Å²) in [7, 11) is -3.93. The lowest BCUT2D eigenvalue weighted by Crippen LogP contribution is -2.05. The minimum Gasteiger partial charge on any atom is -0.339 e. The zero-order chi connectivity index (χ0) is 20.9. The number of rotatable bonds is 4. The van der Waals surface area contributed by atoms with Crippen molar-refractivity contribution in [1.29, 1.82) is 0 Å². The van der Waals surface area contributed by atoms with Crippen molar-refractivity contribution in [3.05, 3.63) is 70.6 Å². The van der Waals surface area contributed by atoms with E-state index in [0.717, 1.165) is 21.5 Å². The van der Waals surface area contributed by atoms with Crippen molar-refractivity contribution < 1.29 is 8.42 Å². The summed E-state index contributed by atoms with van der Waals surface area (Å²) in [5.74, 6) is 0.549. The van der Waals surface area contributed by atoms with Gasteiger partial charge in [-0.3, -0.25) is 0 Å². The second-order valence-corrected chi connectivity index (χ2v) is 9.89. The summed E-state index contributed by atoms with van der Waals surface area (Å²) in [6.07, 6.45) is 0. The smallest absolute Gasteiger partial charge is 0.229 e. The molecule has 0 aliphatic heterocycles. The molecule has 5 rings (SSSR count). The quantitative estimate of drug-likeness (QED) is 0.415. The number of hydrogen-bond donors (Lipinski definition) is 1. The summed E-state index contributed by atoms with van der Waals surface area (Å²) in [6.45, 7) is 2.00. The Kier molecular flexibility index (Phi) is 4.46. The average molecular weight is 456 g/mol. The van der Waals surface area contributed by atoms with Gasteiger partial charge in [-0.1, -0.05) is 28.9 Å². The lowest BCUT2D eigenvalue weighted by Gasteiger charge is -2.09. The maximum absolute atomic E-state index is 13.2. The van der Waals surface area contributed by atoms with Gasteiger partial charge >= 0.3 is 0 Å². The number of anilines is 2. The topological polar surface area (TPSA) is 89.2 Å². The molecule has 0 saturated carbocycles. The van der Waals surface area contributed by atoms with E-state index < -0.39 is 9.84 Å². The zero-order valence-electron chi connectivity index (χ0n) is 15.6. The molecule has 0 unspecified atom stereocenters. The highest BCUT2D eigenvalue weighted by Gasteiger charge is 2.27. The number of thiophene rings is 1. The molecule has 0 atom stereocenters. The van der Waals surface area contributed by atoms with E-state index >= 15 is 0 Å². The van der Waals surface area contributed by atoms with E-state index in [1.54, 1.807) is 0 Å². The molecule has 0 fully saturated rings. The summed E-state index contributed by atoms with van der Waals surface area (Å²) in [5.41, 5.74) is 2.84. The van der Waals surface area contributed by atoms with Crippen LogP contribution in [0.15, 0.2) is 69.9 Å². The second kappa shape index (κ2) is 7.05. The monoisotopic (exact) mass is 455 g/mol. The predicted molar refractivity (Wildman–Crippen MR) is 118 cm³/mol. The summed E-state index contributed by atoms with van der Waals surface area (Å²) in [4.78, 5) is 4.68. The number of halogens is 1. The number of benzene rings is 2. The molecule has 0 bridgehead atoms. The van der Waals surface area contributed by atoms with Crippen LogP contribution in [0.3, 0.4) is 0 Å². The van der Waals surface area contributed by atoms with Crippen LogP contribution in [0.2, 0.25) is 5.02 Å². The first-order chi connectivity index (χ1) is 14.4. The van der Waals surface area contributed by atoms with Gasteiger partial charge in [0.15, 0.2) is 11.5 Å². The van der Waals surface area contributed by atoms with Gasteiger partial charge in [0.2, 0.25) is 14.9 Å². The molecule has 0 aliphatic carbocycles. The van der Waals surface area contributed by atoms with Crippen molar-refractivity contribution in [2.75, 3.05) is 5.32 Å². The van der Waals surface area contributed by atoms with Gasteiger partial charge in [-0.05, 0) is 60.3 Å². The Labute approximate surface area is 180 Å². The maximum atomic E-state index is 13.2. The fourth-order valence-corrected chi connectivity index (χ4v) is 5.34. The number of nitrogens with one attached hydrogen (secondary N) is 1. The van der Waals surface area contributed by atoms with Gasteiger partial charge in [-0.15, -0.1) is 16.4 Å². The molecule has 0 radical (unpaired) electrons. The number of aryl methyl sites for hydroxylation is 1. The summed E-state index contributed by atoms with van der Waals surface area (Å²) in [5, 5.41) is 13.5. The van der Waals surface area contributed by atoms with E-state index in [0.29, 0.717) is 10.8 Å². The van der Waals surface area contributed by atoms with Crippen LogP contribution in [0.1, 0.15) is 5.56 Å². The Bertz CT molecular complexity index is 1510. The Morgan fingerprint density at radius 3 is 2.67 bits per heavy atom. The molecule has 3 aromatic heterocycles. The third kappa shape index (κ3) is 3.11. The molecule has 150 valence electrons. The number of nitrogens with zero attached hydrogens (tertiary/aromatic N) is 4. The van der Waals surface area contributed by atoms with Gasteiger partial charge < -0.3 is 5.32 Å². The van der Waals surface area contributed by atoms with Crippen LogP contribution >= 0.6 is 22.9 Å². The van der Waals surface area contributed by atoms with E-state index in [9.17, 15) is 8.42 Å². The Morgan fingerprint density at radius 1 is 1.10 bits per heavy atom. The van der Waals surface area contributed by atoms with Crippen molar-refractivity contribution in [2.45, 2.75) is 16.8 Å². The number of aromatic nitrogens is 4. The molecule has 10 heteroatoms. The van der Waals surface area contributed by atoms with E-state index in [-0.39, 0.29) is 15.6 Å². The molecule has 0 aliphatic rings. The normalized spacial score (nSPS) is 11.9. The summed E-state index contributed by atoms with van der Waals surface area (Å²) >= 11 is 7.39. The maximum Gasteiger partial charge on any atom is 0.229 e. The van der Waals surface area contributed by atoms with Gasteiger partial charge in [0.1, 0.15) is 0 Å². The molecule has 0 spiro atoms. The number of sulfone groups is 1. The van der Waals surface area contributed by atoms with Gasteiger partial charge in [-0.2, -0.15) is 4.52 Å². The van der Waals surface area contributed by atoms with Crippen molar-refractivity contribution >= 4 is 60.1 Å². The van der Waals surface area contributed by atoms with Crippen LogP contribution in [-0.2, 0) is 9.84 Å². The fraction of sp³-hybridized carbons (Fsp3) is 0.0500. The highest BCUT2D eigenvalue weighted by Crippen LogP contribution is 2.32. The number of hydrogen-bond acceptors (Lipinski definition) is 7. The third-order valence-electron chi connectivity index (χ3n) is 4.58. The van der Waals surface area contributed by atoms with E-state index in [1.165, 1.54) is 40.1 Å². The molecule has 1 N–H and O–H groups in total. The van der Waals surface area contributed by atoms with Gasteiger partial charge in [0.25, 0.3) is 0 Å². The molecule has 3 heterocycles. The Balaban J connectivity index is 1.71. The first kappa shape index (κ1) is 19.0. The molecule has 30 heavy (non-hydrogen) atoms. The van der Waals surface area contributed by atoms with Gasteiger partial charge in [0.05, 0.1) is 15.1 Å². The summed E-state index contributed by atoms with van der Waals surface area (Å²) in [6, 6.07) is 15.7. The first-order valence-electron chi connectivity index (χ1n) is 8.90. The van der Waals surface area contributed by atoms with E-state index in [4.69, 9.17) is 11.6 Å². The molecule has 0 amide bonds. The molecular weight excluding hydrogens is 442 g/mol. The minimum atomic E-state index is -3.93. The van der Waals surface area contributed by atoms with Crippen LogP contribution in [0.4, 0.5) is 11.5 Å². The standard InChI is InChI=1S/C20H14ClN5O2S2/c1-12-3-2-4-14(11-12)22-18-17-16(9-10-29-17)26-19(23-18)20(24-25-26)30(27,28)15-7-5-13(21)6-8-15/h2-11H,1H3,(H,22,23). The van der Waals surface area contributed by atoms with Crippen LogP contribution < -0.4 is 5.32 Å². The van der Waals surface area contributed by atoms with Crippen molar-refractivity contribution in [2.24, 2.45) is 0 Å². The molecule has 2 aromatic carbocycles. The second-order valence-electron chi connectivity index (χ2n) is 6.68. The highest BCUT2D eigenvalue weighted by molar-refractivity contribution is 7.91. The highest BCUT2D eigenvalue weighted by atomic mass is 35.5. The van der Waals surface area contributed by atoms with Crippen molar-refractivity contribution in [3.8, 4) is 0 Å². The van der Waals surface area contributed by atoms with Crippen LogP contribution in [0, 0.1) is 6.92 Å². The lowest BCUT2D eigenvalue weighted by atomic mass is 10.2. The van der Waals surface area contributed by atoms with Crippen LogP contribution in [0.5, 0.6) is 0 Å². The molecule has 0 saturated heterocycles. The van der Waals surface area contributed by atoms with Gasteiger partial charge in [0, 0.05) is 10.7 Å². The van der Waals surface area contributed by atoms with E-state index in [1.807, 2.05) is 42.6 Å². The van der Waals surface area contributed by atoms with Crippen molar-refractivity contribution in [1.82, 2.24) is 19.8 Å². The lowest BCUT2D eigenvalue weighted by molar-refractivity contribution is 0.592. The van der Waals surface area contributed by atoms with Crippen molar-refractivity contribution in [3.63, 3.8) is 0 Å². The molecular formula is C20H14ClN5O2S2. The SMILES string of the molecule is Cc1cccc(Nc2nc3c(S(=O)(=O)c4ccc(Cl)cc4)nnn3c3ccsc23)c1. The Hall–Kier alpha value is -3.01. The fourth-order valence-electron chi connectivity index (χ4n) is 3.17. The third-order valence-corrected chi connectivity index (χ3v) is 7.41. The predicted octanol–water partition coefficient (Wildman–Crippen LogP) is 4.88. The van der Waals surface area contributed by atoms with E-state index in [2.05, 4.69) is 20.6 Å². The first-order valence-corrected chi connectivity index (χ1v) is 11.6. The van der Waals surface area contributed by atoms with Crippen LogP contribution in [-0.4, -0.2) is 28.2 Å². The summed E-state index contributed by atoms with van der Waals surface area (Å²) < 4.78 is 28.7. The zero-order valence-corrected chi connectivity index (χ0v) is 18.0. The molecule has 5 aromatic rings. The number of fused-ring (bicyclic) bond motifs is 3. The largest absolute Gasteiger partial charge is 0.339 e. The van der Waals surface area contributed by atoms with Gasteiger partial charge in [-0.25, -0.2) is 13.4 Å². The molecule has 7 nitrogen and oxygen atoms in total. The minimum absolute atomic E-state index is 0.0784. The average Bonchev–Trinajstić information content (AvgIpc) is 3.35.